The molecule has 1 saturated heterocycles. The topological polar surface area (TPSA) is 137 Å². The van der Waals surface area contributed by atoms with Gasteiger partial charge in [-0.3, -0.25) is 14.6 Å². The maximum atomic E-state index is 13.9. The van der Waals surface area contributed by atoms with Gasteiger partial charge in [0.15, 0.2) is 0 Å². The smallest absolute Gasteiger partial charge is 0.418 e. The predicted molar refractivity (Wildman–Crippen MR) is 134 cm³/mol. The SMILES string of the molecule is COC(=O)n1c(C)c(C(N)=O)c2cc(Oc3ccnc4cc(C(=O)N5CC(F)(F)CC5CO)sc34)ccc21. The molecule has 2 amide bonds. The number of aliphatic hydroxyl groups is 1. The number of benzene rings is 1. The summed E-state index contributed by atoms with van der Waals surface area (Å²) in [5.74, 6) is -3.76. The zero-order valence-corrected chi connectivity index (χ0v) is 21.1. The van der Waals surface area contributed by atoms with E-state index >= 15 is 0 Å². The number of rotatable bonds is 5. The molecule has 4 aromatic rings. The summed E-state index contributed by atoms with van der Waals surface area (Å²) in [6.07, 6.45) is 0.198. The highest BCUT2D eigenvalue weighted by atomic mass is 32.1. The van der Waals surface area contributed by atoms with Crippen LogP contribution in [-0.2, 0) is 4.74 Å². The van der Waals surface area contributed by atoms with Crippen LogP contribution in [0.15, 0.2) is 36.5 Å². The van der Waals surface area contributed by atoms with Gasteiger partial charge in [0.25, 0.3) is 17.7 Å². The van der Waals surface area contributed by atoms with E-state index in [0.717, 1.165) is 16.2 Å². The summed E-state index contributed by atoms with van der Waals surface area (Å²) >= 11 is 1.03. The van der Waals surface area contributed by atoms with Gasteiger partial charge < -0.3 is 25.2 Å². The molecular weight excluding hydrogens is 522 g/mol. The fourth-order valence-electron chi connectivity index (χ4n) is 4.77. The molecule has 1 atom stereocenters. The first kappa shape index (κ1) is 25.5. The number of thiophene rings is 1. The Labute approximate surface area is 218 Å². The number of nitrogens with zero attached hydrogens (tertiary/aromatic N) is 3. The lowest BCUT2D eigenvalue weighted by molar-refractivity contribution is 0.0116. The van der Waals surface area contributed by atoms with E-state index < -0.39 is 49.4 Å². The number of methoxy groups -OCH3 is 1. The number of aliphatic hydroxyl groups excluding tert-OH is 1. The maximum Gasteiger partial charge on any atom is 0.418 e. The minimum atomic E-state index is -3.07. The molecule has 1 aliphatic rings. The Kier molecular flexibility index (Phi) is 6.27. The van der Waals surface area contributed by atoms with Gasteiger partial charge in [0.2, 0.25) is 0 Å². The van der Waals surface area contributed by atoms with E-state index in [0.29, 0.717) is 38.3 Å². The van der Waals surface area contributed by atoms with Crippen LogP contribution in [0.3, 0.4) is 0 Å². The first-order valence-corrected chi connectivity index (χ1v) is 12.3. The lowest BCUT2D eigenvalue weighted by Crippen LogP contribution is -2.37. The van der Waals surface area contributed by atoms with Crippen molar-refractivity contribution in [2.45, 2.75) is 25.3 Å². The molecule has 10 nitrogen and oxygen atoms in total. The molecule has 1 aliphatic heterocycles. The summed E-state index contributed by atoms with van der Waals surface area (Å²) in [6.45, 7) is 0.243. The molecule has 1 fully saturated rings. The highest BCUT2D eigenvalue weighted by Crippen LogP contribution is 2.39. The number of halogens is 2. The molecule has 3 aromatic heterocycles. The van der Waals surface area contributed by atoms with Gasteiger partial charge in [0.1, 0.15) is 11.5 Å². The monoisotopic (exact) mass is 544 g/mol. The highest BCUT2D eigenvalue weighted by Gasteiger charge is 2.47. The van der Waals surface area contributed by atoms with Gasteiger partial charge in [-0.2, -0.15) is 0 Å². The number of primary amides is 1. The van der Waals surface area contributed by atoms with Crippen LogP contribution in [0, 0.1) is 6.92 Å². The van der Waals surface area contributed by atoms with E-state index in [4.69, 9.17) is 15.2 Å². The number of amides is 2. The third kappa shape index (κ3) is 4.23. The molecular formula is C25H22F2N4O6S. The quantitative estimate of drug-likeness (QED) is 0.389. The predicted octanol–water partition coefficient (Wildman–Crippen LogP) is 3.91. The van der Waals surface area contributed by atoms with Gasteiger partial charge in [-0.1, -0.05) is 0 Å². The van der Waals surface area contributed by atoms with Crippen LogP contribution < -0.4 is 10.5 Å². The van der Waals surface area contributed by atoms with Crippen molar-refractivity contribution < 1.29 is 37.7 Å². The van der Waals surface area contributed by atoms with Crippen molar-refractivity contribution in [1.29, 1.82) is 0 Å². The second kappa shape index (κ2) is 9.33. The largest absolute Gasteiger partial charge is 0.456 e. The number of aromatic nitrogens is 2. The molecule has 13 heteroatoms. The molecule has 0 bridgehead atoms. The van der Waals surface area contributed by atoms with Crippen molar-refractivity contribution in [2.24, 2.45) is 5.73 Å². The van der Waals surface area contributed by atoms with Crippen molar-refractivity contribution in [3.8, 4) is 11.5 Å². The Morgan fingerprint density at radius 3 is 2.71 bits per heavy atom. The first-order chi connectivity index (χ1) is 18.0. The lowest BCUT2D eigenvalue weighted by Gasteiger charge is -2.21. The molecule has 198 valence electrons. The number of hydrogen-bond acceptors (Lipinski definition) is 8. The summed E-state index contributed by atoms with van der Waals surface area (Å²) in [7, 11) is 1.23. The number of pyridine rings is 1. The summed E-state index contributed by atoms with van der Waals surface area (Å²) in [5.41, 5.74) is 6.87. The van der Waals surface area contributed by atoms with Crippen LogP contribution in [0.4, 0.5) is 13.6 Å². The van der Waals surface area contributed by atoms with E-state index in [1.165, 1.54) is 23.9 Å². The average molecular weight is 545 g/mol. The van der Waals surface area contributed by atoms with Crippen molar-refractivity contribution >= 4 is 50.4 Å². The van der Waals surface area contributed by atoms with Gasteiger partial charge in [-0.05, 0) is 31.2 Å². The highest BCUT2D eigenvalue weighted by molar-refractivity contribution is 7.21. The van der Waals surface area contributed by atoms with Gasteiger partial charge in [0.05, 0.1) is 52.5 Å². The second-order valence-corrected chi connectivity index (χ2v) is 9.93. The molecule has 0 saturated carbocycles. The maximum absolute atomic E-state index is 13.9. The van der Waals surface area contributed by atoms with Crippen molar-refractivity contribution in [2.75, 3.05) is 20.3 Å². The number of nitrogens with two attached hydrogens (primary N) is 1. The third-order valence-corrected chi connectivity index (χ3v) is 7.57. The number of hydrogen-bond donors (Lipinski definition) is 2. The molecule has 38 heavy (non-hydrogen) atoms. The standard InChI is InChI=1S/C25H22F2N4O6S/c1-12-20(22(28)33)15-7-14(3-4-17(15)31(12)24(35)36-2)37-18-5-6-29-16-8-19(38-21(16)18)23(34)30-11-25(26,27)9-13(30)10-32/h3-8,13,32H,9-11H2,1-2H3,(H2,28,33). The van der Waals surface area contributed by atoms with Crippen molar-refractivity contribution in [3.05, 3.63) is 52.7 Å². The number of carbonyl (C=O) groups is 3. The van der Waals surface area contributed by atoms with Crippen molar-refractivity contribution in [3.63, 3.8) is 0 Å². The first-order valence-electron chi connectivity index (χ1n) is 11.4. The Morgan fingerprint density at radius 2 is 2.03 bits per heavy atom. The molecule has 0 spiro atoms. The number of carbonyl (C=O) groups excluding carboxylic acids is 3. The summed E-state index contributed by atoms with van der Waals surface area (Å²) in [4.78, 5) is 42.9. The molecule has 1 aromatic carbocycles. The van der Waals surface area contributed by atoms with E-state index in [1.807, 2.05) is 0 Å². The van der Waals surface area contributed by atoms with Gasteiger partial charge in [0, 0.05) is 29.8 Å². The normalized spacial score (nSPS) is 16.8. The van der Waals surface area contributed by atoms with Gasteiger partial charge in [-0.15, -0.1) is 11.3 Å². The molecule has 4 heterocycles. The fraction of sp³-hybridized carbons (Fsp3) is 0.280. The number of ether oxygens (including phenoxy) is 2. The fourth-order valence-corrected chi connectivity index (χ4v) is 5.79. The summed E-state index contributed by atoms with van der Waals surface area (Å²) < 4.78 is 40.5. The lowest BCUT2D eigenvalue weighted by atomic mass is 10.1. The Bertz CT molecular complexity index is 1610. The number of likely N-dealkylation sites (tertiary alicyclic amines) is 1. The van der Waals surface area contributed by atoms with Crippen molar-refractivity contribution in [1.82, 2.24) is 14.5 Å². The third-order valence-electron chi connectivity index (χ3n) is 6.44. The van der Waals surface area contributed by atoms with E-state index in [-0.39, 0.29) is 10.4 Å². The molecule has 1 unspecified atom stereocenters. The van der Waals surface area contributed by atoms with Gasteiger partial charge in [-0.25, -0.2) is 18.1 Å². The Balaban J connectivity index is 1.51. The Hall–Kier alpha value is -4.10. The summed E-state index contributed by atoms with van der Waals surface area (Å²) in [6, 6.07) is 6.85. The minimum Gasteiger partial charge on any atom is -0.456 e. The van der Waals surface area contributed by atoms with Crippen LogP contribution in [0.25, 0.3) is 21.1 Å². The zero-order valence-electron chi connectivity index (χ0n) is 20.2. The van der Waals surface area contributed by atoms with Crippen LogP contribution in [0.2, 0.25) is 0 Å². The zero-order chi connectivity index (χ0) is 27.4. The molecule has 5 rings (SSSR count). The number of alkyl halides is 2. The average Bonchev–Trinajstić information content (AvgIpc) is 3.53. The van der Waals surface area contributed by atoms with E-state index in [9.17, 15) is 28.3 Å². The molecule has 0 radical (unpaired) electrons. The second-order valence-electron chi connectivity index (χ2n) is 8.87. The summed E-state index contributed by atoms with van der Waals surface area (Å²) in [5, 5.41) is 9.88. The van der Waals surface area contributed by atoms with E-state index in [1.54, 1.807) is 31.2 Å². The van der Waals surface area contributed by atoms with Crippen LogP contribution in [0.1, 0.15) is 32.1 Å². The molecule has 3 N–H and O–H groups in total. The minimum absolute atomic E-state index is 0.139. The number of fused-ring (bicyclic) bond motifs is 2. The Morgan fingerprint density at radius 1 is 1.26 bits per heavy atom. The van der Waals surface area contributed by atoms with Crippen LogP contribution >= 0.6 is 11.3 Å². The van der Waals surface area contributed by atoms with E-state index in [2.05, 4.69) is 4.98 Å². The van der Waals surface area contributed by atoms with Crippen LogP contribution in [-0.4, -0.2) is 69.7 Å². The van der Waals surface area contributed by atoms with Crippen LogP contribution in [0.5, 0.6) is 11.5 Å². The molecule has 0 aliphatic carbocycles. The van der Waals surface area contributed by atoms with Gasteiger partial charge >= 0.3 is 6.09 Å².